The van der Waals surface area contributed by atoms with Crippen LogP contribution in [0, 0.1) is 0 Å². The van der Waals surface area contributed by atoms with E-state index in [4.69, 9.17) is 4.74 Å². The summed E-state index contributed by atoms with van der Waals surface area (Å²) in [4.78, 5) is 41.1. The Bertz CT molecular complexity index is 1260. The van der Waals surface area contributed by atoms with Gasteiger partial charge < -0.3 is 14.5 Å². The van der Waals surface area contributed by atoms with E-state index in [-0.39, 0.29) is 29.6 Å². The number of fused-ring (bicyclic) bond motifs is 3. The van der Waals surface area contributed by atoms with Crippen LogP contribution >= 0.6 is 15.9 Å². The molecule has 0 saturated carbocycles. The third kappa shape index (κ3) is 3.76. The predicted octanol–water partition coefficient (Wildman–Crippen LogP) is 4.00. The number of ether oxygens (including phenoxy) is 1. The zero-order valence-corrected chi connectivity index (χ0v) is 21.2. The number of Topliss-reactive ketones (excluding diaryl/α,β-unsaturated/α-hetero) is 1. The molecule has 0 atom stereocenters. The van der Waals surface area contributed by atoms with Crippen LogP contribution < -0.4 is 4.74 Å². The summed E-state index contributed by atoms with van der Waals surface area (Å²) < 4.78 is 6.88. The van der Waals surface area contributed by atoms with E-state index in [2.05, 4.69) is 35.8 Å². The molecule has 2 amide bonds. The van der Waals surface area contributed by atoms with Gasteiger partial charge in [-0.05, 0) is 59.0 Å². The van der Waals surface area contributed by atoms with Gasteiger partial charge in [0.1, 0.15) is 5.75 Å². The van der Waals surface area contributed by atoms with Gasteiger partial charge >= 0.3 is 0 Å². The van der Waals surface area contributed by atoms with E-state index in [1.165, 1.54) is 5.56 Å². The Morgan fingerprint density at radius 1 is 1.00 bits per heavy atom. The van der Waals surface area contributed by atoms with E-state index >= 15 is 0 Å². The first kappa shape index (κ1) is 22.8. The molecule has 0 bridgehead atoms. The minimum Gasteiger partial charge on any atom is -0.484 e. The number of nitrogens with zero attached hydrogens (tertiary/aromatic N) is 2. The Balaban J connectivity index is 1.33. The van der Waals surface area contributed by atoms with Crippen LogP contribution in [-0.4, -0.2) is 60.2 Å². The van der Waals surface area contributed by atoms with Gasteiger partial charge in [0.25, 0.3) is 5.91 Å². The molecule has 2 aliphatic carbocycles. The molecule has 0 N–H and O–H groups in total. The molecular formula is C27H27BrN2O4. The number of amides is 2. The summed E-state index contributed by atoms with van der Waals surface area (Å²) in [5.74, 6) is 0.568. The molecule has 0 radical (unpaired) electrons. The van der Waals surface area contributed by atoms with Crippen molar-refractivity contribution in [2.24, 2.45) is 0 Å². The van der Waals surface area contributed by atoms with Crippen LogP contribution in [0.2, 0.25) is 0 Å². The second kappa shape index (κ2) is 8.38. The van der Waals surface area contributed by atoms with E-state index < -0.39 is 0 Å². The van der Waals surface area contributed by atoms with Crippen LogP contribution in [-0.2, 0) is 21.4 Å². The Labute approximate surface area is 207 Å². The van der Waals surface area contributed by atoms with Crippen molar-refractivity contribution in [3.05, 3.63) is 68.7 Å². The lowest BCUT2D eigenvalue weighted by Gasteiger charge is -2.35. The molecule has 1 fully saturated rings. The van der Waals surface area contributed by atoms with Crippen LogP contribution in [0.5, 0.6) is 5.75 Å². The maximum atomic E-state index is 13.5. The second-order valence-electron chi connectivity index (χ2n) is 9.67. The molecule has 34 heavy (non-hydrogen) atoms. The van der Waals surface area contributed by atoms with Crippen LogP contribution in [0.25, 0.3) is 5.57 Å². The Hall–Kier alpha value is -2.93. The summed E-state index contributed by atoms with van der Waals surface area (Å²) in [6.45, 7) is 7.91. The summed E-state index contributed by atoms with van der Waals surface area (Å²) in [6.07, 6.45) is 0.748. The Morgan fingerprint density at radius 3 is 2.38 bits per heavy atom. The first-order valence-corrected chi connectivity index (χ1v) is 12.3. The fourth-order valence-electron chi connectivity index (χ4n) is 5.32. The van der Waals surface area contributed by atoms with E-state index in [0.29, 0.717) is 37.5 Å². The molecular weight excluding hydrogens is 496 g/mol. The zero-order valence-electron chi connectivity index (χ0n) is 19.6. The lowest BCUT2D eigenvalue weighted by atomic mass is 9.68. The first-order chi connectivity index (χ1) is 16.2. The highest BCUT2D eigenvalue weighted by Gasteiger charge is 2.43. The molecule has 5 rings (SSSR count). The number of hydrogen-bond donors (Lipinski definition) is 0. The summed E-state index contributed by atoms with van der Waals surface area (Å²) in [5, 5.41) is 0. The average Bonchev–Trinajstić information content (AvgIpc) is 3.21. The number of halogens is 1. The van der Waals surface area contributed by atoms with E-state index in [9.17, 15) is 14.4 Å². The standard InChI is InChI=1S/C27H27BrN2O4/c1-16(31)29-8-10-30(11-9-29)24(32)15-34-19-5-7-21-22(14-19)27(2,3)23-13-17-12-18(28)4-6-20(17)25(23)26(21)33/h4-7,12,14H,8-11,13,15H2,1-3H3. The van der Waals surface area contributed by atoms with E-state index in [0.717, 1.165) is 33.2 Å². The molecule has 1 saturated heterocycles. The normalized spacial score (nSPS) is 18.4. The number of ketones is 1. The van der Waals surface area contributed by atoms with Crippen molar-refractivity contribution in [1.29, 1.82) is 0 Å². The van der Waals surface area contributed by atoms with Gasteiger partial charge in [-0.25, -0.2) is 0 Å². The van der Waals surface area contributed by atoms with Gasteiger partial charge in [-0.2, -0.15) is 0 Å². The van der Waals surface area contributed by atoms with Gasteiger partial charge in [0.05, 0.1) is 0 Å². The van der Waals surface area contributed by atoms with Crippen molar-refractivity contribution in [1.82, 2.24) is 9.80 Å². The van der Waals surface area contributed by atoms with Gasteiger partial charge in [0, 0.05) is 54.1 Å². The van der Waals surface area contributed by atoms with Crippen molar-refractivity contribution in [2.75, 3.05) is 32.8 Å². The van der Waals surface area contributed by atoms with E-state index in [1.54, 1.807) is 22.8 Å². The van der Waals surface area contributed by atoms with Crippen LogP contribution in [0.15, 0.2) is 46.4 Å². The molecule has 0 aromatic heterocycles. The Morgan fingerprint density at radius 2 is 1.68 bits per heavy atom. The van der Waals surface area contributed by atoms with Crippen molar-refractivity contribution >= 4 is 39.1 Å². The van der Waals surface area contributed by atoms with Gasteiger partial charge in [0.2, 0.25) is 5.91 Å². The third-order valence-electron chi connectivity index (χ3n) is 7.34. The van der Waals surface area contributed by atoms with Crippen molar-refractivity contribution in [3.63, 3.8) is 0 Å². The van der Waals surface area contributed by atoms with Crippen molar-refractivity contribution < 1.29 is 19.1 Å². The first-order valence-electron chi connectivity index (χ1n) is 11.5. The molecule has 1 heterocycles. The number of allylic oxidation sites excluding steroid dienone is 2. The highest BCUT2D eigenvalue weighted by molar-refractivity contribution is 9.10. The quantitative estimate of drug-likeness (QED) is 0.610. The van der Waals surface area contributed by atoms with Gasteiger partial charge in [-0.1, -0.05) is 35.8 Å². The Kier molecular flexibility index (Phi) is 5.63. The number of piperazine rings is 1. The SMILES string of the molecule is CC(=O)N1CCN(C(=O)COc2ccc3c(c2)C(C)(C)C2=C(C3=O)c3ccc(Br)cc3C2)CC1. The highest BCUT2D eigenvalue weighted by Crippen LogP contribution is 2.50. The fourth-order valence-corrected chi connectivity index (χ4v) is 5.73. The maximum Gasteiger partial charge on any atom is 0.260 e. The number of benzene rings is 2. The summed E-state index contributed by atoms with van der Waals surface area (Å²) >= 11 is 3.54. The summed E-state index contributed by atoms with van der Waals surface area (Å²) in [7, 11) is 0. The number of carbonyl (C=O) groups is 3. The molecule has 176 valence electrons. The molecule has 0 spiro atoms. The van der Waals surface area contributed by atoms with Crippen LogP contribution in [0.4, 0.5) is 0 Å². The minimum atomic E-state index is -0.337. The molecule has 1 aliphatic heterocycles. The van der Waals surface area contributed by atoms with Crippen molar-refractivity contribution in [2.45, 2.75) is 32.6 Å². The monoisotopic (exact) mass is 522 g/mol. The zero-order chi connectivity index (χ0) is 24.2. The minimum absolute atomic E-state index is 0.0332. The topological polar surface area (TPSA) is 66.9 Å². The molecule has 6 nitrogen and oxygen atoms in total. The smallest absolute Gasteiger partial charge is 0.260 e. The van der Waals surface area contributed by atoms with Crippen LogP contribution in [0.3, 0.4) is 0 Å². The van der Waals surface area contributed by atoms with Gasteiger partial charge in [0.15, 0.2) is 12.4 Å². The number of hydrogen-bond acceptors (Lipinski definition) is 4. The lowest BCUT2D eigenvalue weighted by molar-refractivity contribution is -0.139. The third-order valence-corrected chi connectivity index (χ3v) is 7.83. The summed E-state index contributed by atoms with van der Waals surface area (Å²) in [5.41, 5.74) is 5.44. The van der Waals surface area contributed by atoms with E-state index in [1.807, 2.05) is 24.3 Å². The van der Waals surface area contributed by atoms with Crippen molar-refractivity contribution in [3.8, 4) is 5.75 Å². The lowest BCUT2D eigenvalue weighted by Crippen LogP contribution is -2.51. The maximum absolute atomic E-state index is 13.5. The summed E-state index contributed by atoms with van der Waals surface area (Å²) in [6, 6.07) is 11.6. The van der Waals surface area contributed by atoms with Crippen LogP contribution in [0.1, 0.15) is 47.8 Å². The fraction of sp³-hybridized carbons (Fsp3) is 0.370. The molecule has 2 aromatic rings. The largest absolute Gasteiger partial charge is 0.484 e. The predicted molar refractivity (Wildman–Crippen MR) is 133 cm³/mol. The highest BCUT2D eigenvalue weighted by atomic mass is 79.9. The van der Waals surface area contributed by atoms with Gasteiger partial charge in [-0.3, -0.25) is 14.4 Å². The average molecular weight is 523 g/mol. The number of rotatable bonds is 3. The molecule has 2 aromatic carbocycles. The number of carbonyl (C=O) groups excluding carboxylic acids is 3. The molecule has 7 heteroatoms. The molecule has 3 aliphatic rings. The molecule has 0 unspecified atom stereocenters. The van der Waals surface area contributed by atoms with Gasteiger partial charge in [-0.15, -0.1) is 0 Å². The second-order valence-corrected chi connectivity index (χ2v) is 10.6.